The third-order valence-electron chi connectivity index (χ3n) is 4.59. The lowest BCUT2D eigenvalue weighted by Crippen LogP contribution is -2.31. The van der Waals surface area contributed by atoms with Gasteiger partial charge in [0.25, 0.3) is 0 Å². The first-order valence-electron chi connectivity index (χ1n) is 9.32. The van der Waals surface area contributed by atoms with Crippen LogP contribution in [-0.2, 0) is 6.54 Å². The first-order chi connectivity index (χ1) is 14.0. The van der Waals surface area contributed by atoms with E-state index in [9.17, 15) is 0 Å². The van der Waals surface area contributed by atoms with E-state index in [-0.39, 0.29) is 0 Å². The summed E-state index contributed by atoms with van der Waals surface area (Å²) < 4.78 is 0. The van der Waals surface area contributed by atoms with Gasteiger partial charge < -0.3 is 10.3 Å². The van der Waals surface area contributed by atoms with Crippen molar-refractivity contribution in [2.75, 3.05) is 0 Å². The number of nitrogens with zero attached hydrogens (tertiary/aromatic N) is 2. The number of aromatic amines is 1. The molecular formula is C23H26N6. The molecule has 0 saturated heterocycles. The van der Waals surface area contributed by atoms with Crippen LogP contribution in [0.1, 0.15) is 22.4 Å². The molecule has 0 fully saturated rings. The van der Waals surface area contributed by atoms with Crippen LogP contribution in [0.3, 0.4) is 0 Å². The van der Waals surface area contributed by atoms with Gasteiger partial charge in [0, 0.05) is 41.5 Å². The van der Waals surface area contributed by atoms with E-state index < -0.39 is 6.29 Å². The van der Waals surface area contributed by atoms with E-state index in [4.69, 9.17) is 11.5 Å². The Morgan fingerprint density at radius 3 is 2.79 bits per heavy atom. The third-order valence-corrected chi connectivity index (χ3v) is 4.59. The molecule has 0 unspecified atom stereocenters. The minimum Gasteiger partial charge on any atom is -0.381 e. The maximum absolute atomic E-state index is 5.55. The van der Waals surface area contributed by atoms with E-state index in [2.05, 4.69) is 45.6 Å². The topological polar surface area (TPSA) is 105 Å². The van der Waals surface area contributed by atoms with Gasteiger partial charge in [0.2, 0.25) is 0 Å². The fourth-order valence-electron chi connectivity index (χ4n) is 3.06. The van der Waals surface area contributed by atoms with Gasteiger partial charge in [0.05, 0.1) is 0 Å². The van der Waals surface area contributed by atoms with Crippen molar-refractivity contribution in [3.8, 4) is 11.1 Å². The molecule has 3 rings (SSSR count). The molecule has 0 aliphatic rings. The standard InChI is InChI=1S/C23H26N6/c1-4-17-7-5-6-8-19(17)13-27-15(2)21-11-20(14-28-16(21)3)18-9-10-26-22(12-18)29-23(24)25/h4-12,14,23,27H,1-2,13,24-25H2,3H3,(H,26,29). The fourth-order valence-corrected chi connectivity index (χ4v) is 3.06. The molecule has 0 atom stereocenters. The van der Waals surface area contributed by atoms with Gasteiger partial charge >= 0.3 is 0 Å². The van der Waals surface area contributed by atoms with Crippen molar-refractivity contribution in [1.82, 2.24) is 15.3 Å². The molecule has 148 valence electrons. The number of H-pyrrole nitrogens is 1. The number of pyridine rings is 2. The molecule has 2 heterocycles. The summed E-state index contributed by atoms with van der Waals surface area (Å²) in [7, 11) is 0. The molecule has 0 radical (unpaired) electrons. The molecule has 6 nitrogen and oxygen atoms in total. The summed E-state index contributed by atoms with van der Waals surface area (Å²) in [6.45, 7) is 10.7. The van der Waals surface area contributed by atoms with E-state index in [1.165, 1.54) is 0 Å². The highest BCUT2D eigenvalue weighted by molar-refractivity contribution is 5.71. The van der Waals surface area contributed by atoms with E-state index in [1.807, 2.05) is 49.5 Å². The summed E-state index contributed by atoms with van der Waals surface area (Å²) in [4.78, 5) is 11.7. The summed E-state index contributed by atoms with van der Waals surface area (Å²) in [6.07, 6.45) is 4.72. The minimum atomic E-state index is -0.768. The molecule has 6 heteroatoms. The van der Waals surface area contributed by atoms with Crippen molar-refractivity contribution < 1.29 is 0 Å². The van der Waals surface area contributed by atoms with Crippen molar-refractivity contribution in [3.05, 3.63) is 95.9 Å². The second-order valence-corrected chi connectivity index (χ2v) is 6.67. The van der Waals surface area contributed by atoms with Gasteiger partial charge in [-0.1, -0.05) is 43.5 Å². The lowest BCUT2D eigenvalue weighted by Gasteiger charge is -2.14. The molecule has 0 spiro atoms. The van der Waals surface area contributed by atoms with Gasteiger partial charge in [-0.2, -0.15) is 0 Å². The molecule has 2 aromatic heterocycles. The van der Waals surface area contributed by atoms with Gasteiger partial charge in [0.1, 0.15) is 5.49 Å². The Kier molecular flexibility index (Phi) is 6.39. The molecule has 6 N–H and O–H groups in total. The normalized spacial score (nSPS) is 11.5. The summed E-state index contributed by atoms with van der Waals surface area (Å²) in [5, 5.41) is 3.41. The van der Waals surface area contributed by atoms with Crippen LogP contribution in [0.5, 0.6) is 0 Å². The lowest BCUT2D eigenvalue weighted by molar-refractivity contribution is 0.719. The van der Waals surface area contributed by atoms with Crippen molar-refractivity contribution in [2.45, 2.75) is 19.8 Å². The highest BCUT2D eigenvalue weighted by Crippen LogP contribution is 2.23. The van der Waals surface area contributed by atoms with Crippen LogP contribution in [0.4, 0.5) is 0 Å². The summed E-state index contributed by atoms with van der Waals surface area (Å²) in [5.41, 5.74) is 18.6. The van der Waals surface area contributed by atoms with Crippen LogP contribution in [0, 0.1) is 6.92 Å². The van der Waals surface area contributed by atoms with Gasteiger partial charge in [-0.25, -0.2) is 4.99 Å². The number of nitrogens with two attached hydrogens (primary N) is 2. The molecule has 0 bridgehead atoms. The Labute approximate surface area is 170 Å². The number of benzene rings is 1. The molecule has 0 amide bonds. The molecular weight excluding hydrogens is 360 g/mol. The van der Waals surface area contributed by atoms with E-state index in [0.29, 0.717) is 12.0 Å². The molecule has 3 aromatic rings. The quantitative estimate of drug-likeness (QED) is 0.469. The van der Waals surface area contributed by atoms with Crippen LogP contribution in [0.25, 0.3) is 22.9 Å². The highest BCUT2D eigenvalue weighted by Gasteiger charge is 2.08. The smallest absolute Gasteiger partial charge is 0.150 e. The Balaban J connectivity index is 1.85. The van der Waals surface area contributed by atoms with E-state index in [1.54, 1.807) is 6.20 Å². The van der Waals surface area contributed by atoms with Gasteiger partial charge in [0.15, 0.2) is 6.29 Å². The fraction of sp³-hybridized carbons (Fsp3) is 0.130. The number of aryl methyl sites for hydroxylation is 1. The zero-order valence-electron chi connectivity index (χ0n) is 16.5. The van der Waals surface area contributed by atoms with Gasteiger partial charge in [-0.3, -0.25) is 16.5 Å². The summed E-state index contributed by atoms with van der Waals surface area (Å²) in [6, 6.07) is 14.0. The SMILES string of the molecule is C=Cc1ccccc1CNC(=C)c1cc(-c2cc[nH]/c(=N\C(N)N)c2)cnc1C. The first-order valence-corrected chi connectivity index (χ1v) is 9.32. The Hall–Kier alpha value is -3.48. The summed E-state index contributed by atoms with van der Waals surface area (Å²) in [5.74, 6) is 0. The Morgan fingerprint density at radius 1 is 1.24 bits per heavy atom. The average molecular weight is 387 g/mol. The van der Waals surface area contributed by atoms with Crippen molar-refractivity contribution in [3.63, 3.8) is 0 Å². The average Bonchev–Trinajstić information content (AvgIpc) is 2.72. The second-order valence-electron chi connectivity index (χ2n) is 6.67. The molecule has 0 aliphatic heterocycles. The van der Waals surface area contributed by atoms with Crippen LogP contribution < -0.4 is 22.3 Å². The lowest BCUT2D eigenvalue weighted by atomic mass is 10.0. The van der Waals surface area contributed by atoms with Gasteiger partial charge in [-0.15, -0.1) is 0 Å². The van der Waals surface area contributed by atoms with Crippen LogP contribution in [0.2, 0.25) is 0 Å². The van der Waals surface area contributed by atoms with Gasteiger partial charge in [-0.05, 0) is 41.8 Å². The second kappa shape index (κ2) is 9.14. The van der Waals surface area contributed by atoms with E-state index >= 15 is 0 Å². The Bertz CT molecular complexity index is 1090. The van der Waals surface area contributed by atoms with E-state index in [0.717, 1.165) is 39.2 Å². The van der Waals surface area contributed by atoms with Crippen molar-refractivity contribution in [2.24, 2.45) is 16.5 Å². The van der Waals surface area contributed by atoms with Crippen molar-refractivity contribution >= 4 is 11.8 Å². The maximum Gasteiger partial charge on any atom is 0.150 e. The number of rotatable bonds is 7. The summed E-state index contributed by atoms with van der Waals surface area (Å²) >= 11 is 0. The highest BCUT2D eigenvalue weighted by atomic mass is 15.1. The Morgan fingerprint density at radius 2 is 2.03 bits per heavy atom. The van der Waals surface area contributed by atoms with Crippen molar-refractivity contribution in [1.29, 1.82) is 0 Å². The molecule has 29 heavy (non-hydrogen) atoms. The number of hydrogen-bond acceptors (Lipinski definition) is 5. The maximum atomic E-state index is 5.55. The first kappa shape index (κ1) is 20.3. The van der Waals surface area contributed by atoms with Crippen LogP contribution in [-0.4, -0.2) is 16.3 Å². The number of aromatic nitrogens is 2. The predicted molar refractivity (Wildman–Crippen MR) is 119 cm³/mol. The molecule has 0 saturated carbocycles. The van der Waals surface area contributed by atoms with Crippen LogP contribution in [0.15, 0.2) is 73.0 Å². The zero-order valence-corrected chi connectivity index (χ0v) is 16.5. The number of nitrogens with one attached hydrogen (secondary N) is 2. The molecule has 1 aromatic carbocycles. The van der Waals surface area contributed by atoms with Crippen LogP contribution >= 0.6 is 0 Å². The monoisotopic (exact) mass is 386 g/mol. The predicted octanol–water partition coefficient (Wildman–Crippen LogP) is 2.89. The largest absolute Gasteiger partial charge is 0.381 e. The number of hydrogen-bond donors (Lipinski definition) is 4. The third kappa shape index (κ3) is 5.07. The minimum absolute atomic E-state index is 0.609. The molecule has 0 aliphatic carbocycles. The zero-order chi connectivity index (χ0) is 20.8.